The monoisotopic (exact) mass is 1010 g/mol. The summed E-state index contributed by atoms with van der Waals surface area (Å²) >= 11 is 0. The molecule has 2 saturated heterocycles. The molecule has 2 heterocycles. The van der Waals surface area contributed by atoms with Crippen molar-refractivity contribution in [3.8, 4) is 0 Å². The van der Waals surface area contributed by atoms with Gasteiger partial charge in [-0.15, -0.1) is 0 Å². The molecule has 11 atom stereocenters. The van der Waals surface area contributed by atoms with Gasteiger partial charge in [0.05, 0.1) is 25.4 Å². The maximum atomic E-state index is 13.3. The summed E-state index contributed by atoms with van der Waals surface area (Å²) in [5, 5.41) is 73.5. The van der Waals surface area contributed by atoms with Crippen LogP contribution in [0.1, 0.15) is 129 Å². The highest BCUT2D eigenvalue weighted by atomic mass is 16.7. The van der Waals surface area contributed by atoms with Gasteiger partial charge in [0.25, 0.3) is 0 Å². The molecular formula is C49H81N5O17. The van der Waals surface area contributed by atoms with Crippen LogP contribution in [0.15, 0.2) is 30.3 Å². The molecule has 2 aliphatic heterocycles. The van der Waals surface area contributed by atoms with Crippen molar-refractivity contribution in [3.05, 3.63) is 35.9 Å². The van der Waals surface area contributed by atoms with E-state index in [1.807, 2.05) is 30.3 Å². The van der Waals surface area contributed by atoms with Crippen molar-refractivity contribution in [2.75, 3.05) is 39.4 Å². The van der Waals surface area contributed by atoms with Crippen molar-refractivity contribution >= 4 is 35.5 Å². The van der Waals surface area contributed by atoms with E-state index in [1.54, 1.807) is 13.8 Å². The Balaban J connectivity index is 1.29. The van der Waals surface area contributed by atoms with Gasteiger partial charge in [-0.2, -0.15) is 0 Å². The molecule has 3 rings (SSSR count). The molecule has 404 valence electrons. The summed E-state index contributed by atoms with van der Waals surface area (Å²) in [4.78, 5) is 75.4. The van der Waals surface area contributed by atoms with Crippen molar-refractivity contribution < 1.29 is 83.1 Å². The van der Waals surface area contributed by atoms with Crippen LogP contribution in [0.25, 0.3) is 0 Å². The number of nitrogens with one attached hydrogen (secondary N) is 5. The van der Waals surface area contributed by atoms with Crippen LogP contribution in [-0.4, -0.2) is 173 Å². The van der Waals surface area contributed by atoms with Crippen LogP contribution in [0.4, 0.5) is 0 Å². The fourth-order valence-corrected chi connectivity index (χ4v) is 7.75. The third kappa shape index (κ3) is 24.7. The van der Waals surface area contributed by atoms with Gasteiger partial charge in [0.2, 0.25) is 29.5 Å². The minimum Gasteiger partial charge on any atom is -0.461 e. The number of rotatable bonds is 35. The van der Waals surface area contributed by atoms with Gasteiger partial charge in [-0.3, -0.25) is 28.8 Å². The van der Waals surface area contributed by atoms with E-state index in [9.17, 15) is 59.4 Å². The van der Waals surface area contributed by atoms with Gasteiger partial charge in [0, 0.05) is 58.3 Å². The molecule has 2 fully saturated rings. The first-order valence-electron chi connectivity index (χ1n) is 25.3. The molecule has 0 aliphatic carbocycles. The number of hydrogen-bond acceptors (Lipinski definition) is 17. The van der Waals surface area contributed by atoms with Gasteiger partial charge >= 0.3 is 5.97 Å². The molecule has 0 spiro atoms. The fraction of sp³-hybridized carbons (Fsp3) is 0.755. The maximum Gasteiger partial charge on any atom is 0.306 e. The first-order chi connectivity index (χ1) is 34.1. The minimum atomic E-state index is -1.43. The smallest absolute Gasteiger partial charge is 0.306 e. The summed E-state index contributed by atoms with van der Waals surface area (Å²) in [6.45, 7) is 4.33. The van der Waals surface area contributed by atoms with Gasteiger partial charge in [-0.1, -0.05) is 49.6 Å². The summed E-state index contributed by atoms with van der Waals surface area (Å²) in [6, 6.07) is 8.64. The molecule has 22 heteroatoms. The first-order valence-corrected chi connectivity index (χ1v) is 25.3. The molecule has 11 N–H and O–H groups in total. The van der Waals surface area contributed by atoms with Gasteiger partial charge < -0.3 is 80.9 Å². The molecule has 0 radical (unpaired) electrons. The lowest BCUT2D eigenvalue weighted by Crippen LogP contribution is -2.57. The Hall–Kier alpha value is -4.36. The third-order valence-corrected chi connectivity index (χ3v) is 12.1. The quantitative estimate of drug-likeness (QED) is 0.0315. The lowest BCUT2D eigenvalue weighted by atomic mass is 10.0. The standard InChI is InChI=1S/C49H81N5O17/c1-32-41(60)43(62)45(64)48(70-32)67-29-27-51-37(56)20-10-6-15-26-53-47(66)35(54-39(58)23-9-3-4-11-24-40(59)69-31-34-17-7-5-8-18-34)19-14-16-25-50-36(55)21-12-13-22-38(57)52-28-30-68-49-46(65)44(63)42(61)33(2)71-49/h5,7-8,17-18,32-33,35,41-46,48-49,60-65H,3-4,6,9-16,19-31H2,1-2H3,(H,50,55)(H,51,56)(H,52,57)(H,53,66)(H,54,58)/t32-,33-,35-,41+,42+,43+,44+,45-,46-,48+,49+/m0/s1. The number of amides is 5. The molecule has 2 aliphatic rings. The zero-order chi connectivity index (χ0) is 52.0. The summed E-state index contributed by atoms with van der Waals surface area (Å²) in [7, 11) is 0. The largest absolute Gasteiger partial charge is 0.461 e. The Morgan fingerprint density at radius 3 is 1.48 bits per heavy atom. The van der Waals surface area contributed by atoms with Gasteiger partial charge in [0.15, 0.2) is 12.6 Å². The zero-order valence-electron chi connectivity index (χ0n) is 41.4. The fourth-order valence-electron chi connectivity index (χ4n) is 7.75. The van der Waals surface area contributed by atoms with Crippen LogP contribution in [-0.2, 0) is 59.1 Å². The average molecular weight is 1010 g/mol. The highest BCUT2D eigenvalue weighted by Gasteiger charge is 2.43. The maximum absolute atomic E-state index is 13.3. The van der Waals surface area contributed by atoms with Gasteiger partial charge in [-0.05, 0) is 77.2 Å². The Morgan fingerprint density at radius 2 is 0.944 bits per heavy atom. The molecular weight excluding hydrogens is 931 g/mol. The number of aliphatic hydroxyl groups is 6. The van der Waals surface area contributed by atoms with E-state index >= 15 is 0 Å². The van der Waals surface area contributed by atoms with E-state index < -0.39 is 67.5 Å². The Bertz CT molecular complexity index is 1710. The zero-order valence-corrected chi connectivity index (χ0v) is 41.4. The predicted molar refractivity (Wildman–Crippen MR) is 255 cm³/mol. The van der Waals surface area contributed by atoms with Crippen molar-refractivity contribution in [1.82, 2.24) is 26.6 Å². The van der Waals surface area contributed by atoms with Crippen LogP contribution < -0.4 is 26.6 Å². The Morgan fingerprint density at radius 1 is 0.507 bits per heavy atom. The van der Waals surface area contributed by atoms with Crippen LogP contribution in [0.3, 0.4) is 0 Å². The SMILES string of the molecule is C[C@@H]1O[C@@H](OCCNC(=O)CCCCCNC(=O)[C@H](CCCCNC(=O)CCCCC(=O)NCCO[C@@H]2O[C@@H](C)[C@@H](O)[C@@H](O)[C@@H]2O)NC(=O)CCCCCCC(=O)OCc2ccccc2)[C@@H](O)[C@H](O)[C@@H]1O. The van der Waals surface area contributed by atoms with Crippen LogP contribution in [0.5, 0.6) is 0 Å². The van der Waals surface area contributed by atoms with Crippen molar-refractivity contribution in [1.29, 1.82) is 0 Å². The molecule has 71 heavy (non-hydrogen) atoms. The van der Waals surface area contributed by atoms with Gasteiger partial charge in [0.1, 0.15) is 49.3 Å². The van der Waals surface area contributed by atoms with E-state index in [1.165, 1.54) is 0 Å². The second-order valence-electron chi connectivity index (χ2n) is 18.1. The number of carbonyl (C=O) groups excluding carboxylic acids is 6. The molecule has 1 aromatic carbocycles. The topological polar surface area (TPSA) is 330 Å². The summed E-state index contributed by atoms with van der Waals surface area (Å²) in [5.41, 5.74) is 0.917. The lowest BCUT2D eigenvalue weighted by Gasteiger charge is -2.38. The minimum absolute atomic E-state index is 0.0128. The predicted octanol–water partition coefficient (Wildman–Crippen LogP) is -0.000700. The highest BCUT2D eigenvalue weighted by Crippen LogP contribution is 2.23. The lowest BCUT2D eigenvalue weighted by molar-refractivity contribution is -0.292. The molecule has 0 bridgehead atoms. The normalized spacial score (nSPS) is 24.6. The van der Waals surface area contributed by atoms with Crippen molar-refractivity contribution in [3.63, 3.8) is 0 Å². The first kappa shape index (κ1) is 60.9. The Kier molecular flexibility index (Phi) is 30.0. The summed E-state index contributed by atoms with van der Waals surface area (Å²) in [6.07, 6.45) is -3.87. The number of ether oxygens (including phenoxy) is 5. The number of benzene rings is 1. The molecule has 0 unspecified atom stereocenters. The second-order valence-corrected chi connectivity index (χ2v) is 18.1. The summed E-state index contributed by atoms with van der Waals surface area (Å²) < 4.78 is 26.9. The van der Waals surface area contributed by atoms with Crippen LogP contribution in [0.2, 0.25) is 0 Å². The number of carbonyl (C=O) groups is 6. The molecule has 1 aromatic rings. The van der Waals surface area contributed by atoms with E-state index in [-0.39, 0.29) is 101 Å². The molecule has 22 nitrogen and oxygen atoms in total. The average Bonchev–Trinajstić information content (AvgIpc) is 3.35. The van der Waals surface area contributed by atoms with E-state index in [0.717, 1.165) is 18.4 Å². The van der Waals surface area contributed by atoms with E-state index in [2.05, 4.69) is 26.6 Å². The Labute approximate surface area is 416 Å². The second kappa shape index (κ2) is 34.9. The van der Waals surface area contributed by atoms with E-state index in [4.69, 9.17) is 23.7 Å². The van der Waals surface area contributed by atoms with Crippen molar-refractivity contribution in [2.45, 2.75) is 197 Å². The van der Waals surface area contributed by atoms with Crippen LogP contribution >= 0.6 is 0 Å². The third-order valence-electron chi connectivity index (χ3n) is 12.1. The molecule has 5 amide bonds. The van der Waals surface area contributed by atoms with Crippen LogP contribution in [0, 0.1) is 0 Å². The highest BCUT2D eigenvalue weighted by molar-refractivity contribution is 5.87. The van der Waals surface area contributed by atoms with Gasteiger partial charge in [-0.25, -0.2) is 0 Å². The number of esters is 1. The number of aliphatic hydroxyl groups excluding tert-OH is 6. The molecule has 0 aromatic heterocycles. The molecule has 0 saturated carbocycles. The summed E-state index contributed by atoms with van der Waals surface area (Å²) in [5.74, 6) is -1.49. The van der Waals surface area contributed by atoms with Crippen molar-refractivity contribution in [2.24, 2.45) is 0 Å². The number of hydrogen-bond donors (Lipinski definition) is 11. The van der Waals surface area contributed by atoms with E-state index in [0.29, 0.717) is 77.3 Å². The number of unbranched alkanes of at least 4 members (excludes halogenated alkanes) is 7.